The largest absolute Gasteiger partial charge is 0.504 e. The van der Waals surface area contributed by atoms with Crippen molar-refractivity contribution in [2.24, 2.45) is 5.10 Å². The highest BCUT2D eigenvalue weighted by molar-refractivity contribution is 5.95. The molecule has 3 rings (SSSR count). The fraction of sp³-hybridized carbons (Fsp3) is 0.176. The van der Waals surface area contributed by atoms with E-state index in [2.05, 4.69) is 10.5 Å². The Labute approximate surface area is 138 Å². The van der Waals surface area contributed by atoms with Crippen LogP contribution in [0, 0.1) is 0 Å². The molecule has 0 aromatic heterocycles. The van der Waals surface area contributed by atoms with Crippen molar-refractivity contribution in [1.29, 1.82) is 0 Å². The molecule has 0 bridgehead atoms. The van der Waals surface area contributed by atoms with Crippen LogP contribution in [-0.4, -0.2) is 30.6 Å². The van der Waals surface area contributed by atoms with E-state index in [0.29, 0.717) is 35.0 Å². The normalized spacial score (nSPS) is 12.4. The summed E-state index contributed by atoms with van der Waals surface area (Å²) in [6.07, 6.45) is 1.35. The van der Waals surface area contributed by atoms with Crippen molar-refractivity contribution < 1.29 is 24.1 Å². The van der Waals surface area contributed by atoms with Crippen molar-refractivity contribution in [3.05, 3.63) is 47.5 Å². The number of benzene rings is 2. The Morgan fingerprint density at radius 3 is 3.00 bits per heavy atom. The van der Waals surface area contributed by atoms with Crippen LogP contribution in [0.4, 0.5) is 0 Å². The average Bonchev–Trinajstić information content (AvgIpc) is 3.06. The van der Waals surface area contributed by atoms with Crippen molar-refractivity contribution >= 4 is 12.1 Å². The molecule has 0 saturated carbocycles. The Hall–Kier alpha value is -3.22. The van der Waals surface area contributed by atoms with Gasteiger partial charge in [0.2, 0.25) is 6.79 Å². The first-order chi connectivity index (χ1) is 11.7. The number of hydrogen-bond donors (Lipinski definition) is 2. The first-order valence-corrected chi connectivity index (χ1v) is 7.37. The van der Waals surface area contributed by atoms with Gasteiger partial charge in [0.25, 0.3) is 5.91 Å². The van der Waals surface area contributed by atoms with Gasteiger partial charge in [0.15, 0.2) is 23.0 Å². The number of hydrogen-bond acceptors (Lipinski definition) is 6. The summed E-state index contributed by atoms with van der Waals surface area (Å²) in [5.74, 6) is 1.07. The second kappa shape index (κ2) is 6.91. The van der Waals surface area contributed by atoms with Crippen LogP contribution in [0.2, 0.25) is 0 Å². The summed E-state index contributed by atoms with van der Waals surface area (Å²) in [5, 5.41) is 13.9. The Balaban J connectivity index is 1.68. The molecule has 0 spiro atoms. The minimum absolute atomic E-state index is 0.0274. The van der Waals surface area contributed by atoms with E-state index in [9.17, 15) is 9.90 Å². The number of nitrogens with zero attached hydrogens (tertiary/aromatic N) is 1. The van der Waals surface area contributed by atoms with Gasteiger partial charge in [-0.25, -0.2) is 5.43 Å². The minimum Gasteiger partial charge on any atom is -0.504 e. The number of amides is 1. The quantitative estimate of drug-likeness (QED) is 0.649. The summed E-state index contributed by atoms with van der Waals surface area (Å²) >= 11 is 0. The van der Waals surface area contributed by atoms with Crippen molar-refractivity contribution in [2.75, 3.05) is 13.4 Å². The van der Waals surface area contributed by atoms with Crippen LogP contribution < -0.4 is 19.6 Å². The van der Waals surface area contributed by atoms with E-state index in [1.54, 1.807) is 36.4 Å². The molecule has 0 saturated heterocycles. The Bertz CT molecular complexity index is 789. The third-order valence-corrected chi connectivity index (χ3v) is 3.33. The lowest BCUT2D eigenvalue weighted by atomic mass is 10.2. The second-order valence-corrected chi connectivity index (χ2v) is 4.89. The number of nitrogens with one attached hydrogen (secondary N) is 1. The summed E-state index contributed by atoms with van der Waals surface area (Å²) in [4.78, 5) is 12.1. The molecule has 7 nitrogen and oxygen atoms in total. The van der Waals surface area contributed by atoms with Crippen LogP contribution in [0.15, 0.2) is 41.5 Å². The molecule has 0 unspecified atom stereocenters. The first kappa shape index (κ1) is 15.7. The molecule has 0 atom stereocenters. The van der Waals surface area contributed by atoms with Crippen LogP contribution in [0.5, 0.6) is 23.0 Å². The Morgan fingerprint density at radius 1 is 1.33 bits per heavy atom. The number of para-hydroxylation sites is 1. The maximum atomic E-state index is 12.1. The van der Waals surface area contributed by atoms with Gasteiger partial charge in [-0.15, -0.1) is 0 Å². The molecule has 1 aliphatic heterocycles. The molecule has 7 heteroatoms. The SMILES string of the molecule is CCOc1cccc(C=NNC(=O)c2ccc3c(c2)OCO3)c1O. The van der Waals surface area contributed by atoms with Crippen LogP contribution in [0.3, 0.4) is 0 Å². The predicted molar refractivity (Wildman–Crippen MR) is 86.9 cm³/mol. The zero-order valence-corrected chi connectivity index (χ0v) is 13.0. The number of fused-ring (bicyclic) bond motifs is 1. The zero-order chi connectivity index (χ0) is 16.9. The second-order valence-electron chi connectivity index (χ2n) is 4.89. The molecule has 0 radical (unpaired) electrons. The molecule has 1 amide bonds. The van der Waals surface area contributed by atoms with Crippen LogP contribution in [-0.2, 0) is 0 Å². The number of phenolic OH excluding ortho intramolecular Hbond substituents is 1. The van der Waals surface area contributed by atoms with Gasteiger partial charge < -0.3 is 19.3 Å². The summed E-state index contributed by atoms with van der Waals surface area (Å²) in [6.45, 7) is 2.41. The van der Waals surface area contributed by atoms with Crippen LogP contribution in [0.25, 0.3) is 0 Å². The molecule has 0 aliphatic carbocycles. The summed E-state index contributed by atoms with van der Waals surface area (Å²) in [6, 6.07) is 9.91. The van der Waals surface area contributed by atoms with E-state index in [-0.39, 0.29) is 12.5 Å². The topological polar surface area (TPSA) is 89.4 Å². The third-order valence-electron chi connectivity index (χ3n) is 3.33. The lowest BCUT2D eigenvalue weighted by Gasteiger charge is -2.07. The summed E-state index contributed by atoms with van der Waals surface area (Å²) in [5.41, 5.74) is 3.23. The number of rotatable bonds is 5. The van der Waals surface area contributed by atoms with Crippen molar-refractivity contribution in [3.8, 4) is 23.0 Å². The molecule has 2 N–H and O–H groups in total. The average molecular weight is 328 g/mol. The number of ether oxygens (including phenoxy) is 3. The zero-order valence-electron chi connectivity index (χ0n) is 13.0. The molecule has 1 aliphatic rings. The maximum Gasteiger partial charge on any atom is 0.271 e. The van der Waals surface area contributed by atoms with Crippen molar-refractivity contribution in [2.45, 2.75) is 6.92 Å². The number of aromatic hydroxyl groups is 1. The Kier molecular flexibility index (Phi) is 4.51. The fourth-order valence-electron chi connectivity index (χ4n) is 2.18. The lowest BCUT2D eigenvalue weighted by Crippen LogP contribution is -2.17. The maximum absolute atomic E-state index is 12.1. The van der Waals surface area contributed by atoms with Gasteiger partial charge in [0, 0.05) is 11.1 Å². The number of phenols is 1. The number of hydrazone groups is 1. The van der Waals surface area contributed by atoms with E-state index in [1.807, 2.05) is 6.92 Å². The summed E-state index contributed by atoms with van der Waals surface area (Å²) in [7, 11) is 0. The smallest absolute Gasteiger partial charge is 0.271 e. The third kappa shape index (κ3) is 3.24. The molecule has 2 aromatic rings. The van der Waals surface area contributed by atoms with E-state index < -0.39 is 5.91 Å². The number of carbonyl (C=O) groups is 1. The number of carbonyl (C=O) groups excluding carboxylic acids is 1. The highest BCUT2D eigenvalue weighted by Gasteiger charge is 2.15. The monoisotopic (exact) mass is 328 g/mol. The fourth-order valence-corrected chi connectivity index (χ4v) is 2.18. The van der Waals surface area contributed by atoms with Crippen molar-refractivity contribution in [1.82, 2.24) is 5.43 Å². The minimum atomic E-state index is -0.398. The van der Waals surface area contributed by atoms with E-state index in [0.717, 1.165) is 0 Å². The van der Waals surface area contributed by atoms with Gasteiger partial charge in [-0.1, -0.05) is 6.07 Å². The Morgan fingerprint density at radius 2 is 2.17 bits per heavy atom. The molecule has 124 valence electrons. The van der Waals surface area contributed by atoms with Crippen LogP contribution >= 0.6 is 0 Å². The molecule has 2 aromatic carbocycles. The summed E-state index contributed by atoms with van der Waals surface area (Å²) < 4.78 is 15.7. The molecule has 0 fully saturated rings. The van der Waals surface area contributed by atoms with Gasteiger partial charge in [0.05, 0.1) is 12.8 Å². The molecular weight excluding hydrogens is 312 g/mol. The highest BCUT2D eigenvalue weighted by Crippen LogP contribution is 2.32. The van der Waals surface area contributed by atoms with E-state index >= 15 is 0 Å². The van der Waals surface area contributed by atoms with Crippen molar-refractivity contribution in [3.63, 3.8) is 0 Å². The molecule has 1 heterocycles. The van der Waals surface area contributed by atoms with Gasteiger partial charge in [-0.3, -0.25) is 4.79 Å². The first-order valence-electron chi connectivity index (χ1n) is 7.37. The van der Waals surface area contributed by atoms with Gasteiger partial charge in [-0.2, -0.15) is 5.10 Å². The van der Waals surface area contributed by atoms with E-state index in [1.165, 1.54) is 6.21 Å². The van der Waals surface area contributed by atoms with Gasteiger partial charge in [-0.05, 0) is 37.3 Å². The molecular formula is C17H16N2O5. The van der Waals surface area contributed by atoms with Gasteiger partial charge in [0.1, 0.15) is 0 Å². The highest BCUT2D eigenvalue weighted by atomic mass is 16.7. The predicted octanol–water partition coefficient (Wildman–Crippen LogP) is 2.28. The standard InChI is InChI=1S/C17H16N2O5/c1-2-22-14-5-3-4-12(16(14)20)9-18-19-17(21)11-6-7-13-15(8-11)24-10-23-13/h3-9,20H,2,10H2,1H3,(H,19,21). The van der Waals surface area contributed by atoms with E-state index in [4.69, 9.17) is 14.2 Å². The van der Waals surface area contributed by atoms with Crippen LogP contribution in [0.1, 0.15) is 22.8 Å². The molecule has 24 heavy (non-hydrogen) atoms. The lowest BCUT2D eigenvalue weighted by molar-refractivity contribution is 0.0954. The van der Waals surface area contributed by atoms with Gasteiger partial charge >= 0.3 is 0 Å².